The Bertz CT molecular complexity index is 454. The van der Waals surface area contributed by atoms with E-state index in [2.05, 4.69) is 23.5 Å². The van der Waals surface area contributed by atoms with Gasteiger partial charge in [-0.25, -0.2) is 4.79 Å². The third kappa shape index (κ3) is 1.86. The summed E-state index contributed by atoms with van der Waals surface area (Å²) in [4.78, 5) is 15.8. The molecule has 3 rings (SSSR count). The van der Waals surface area contributed by atoms with Crippen LogP contribution in [-0.4, -0.2) is 44.2 Å². The highest BCUT2D eigenvalue weighted by molar-refractivity contribution is 5.94. The number of nitrogens with zero attached hydrogens (tertiary/aromatic N) is 2. The van der Waals surface area contributed by atoms with Crippen molar-refractivity contribution in [3.05, 3.63) is 29.8 Å². The first kappa shape index (κ1) is 11.5. The molecule has 0 bridgehead atoms. The van der Waals surface area contributed by atoms with Gasteiger partial charge < -0.3 is 10.2 Å². The lowest BCUT2D eigenvalue weighted by Crippen LogP contribution is -2.30. The number of hydrogen-bond donors (Lipinski definition) is 1. The van der Waals surface area contributed by atoms with E-state index in [9.17, 15) is 4.79 Å². The lowest BCUT2D eigenvalue weighted by atomic mass is 9.96. The average molecular weight is 245 g/mol. The predicted molar refractivity (Wildman–Crippen MR) is 72.0 cm³/mol. The monoisotopic (exact) mass is 245 g/mol. The quantitative estimate of drug-likeness (QED) is 0.859. The predicted octanol–water partition coefficient (Wildman–Crippen LogP) is 1.64. The molecular weight excluding hydrogens is 226 g/mol. The molecule has 1 N–H and O–H groups in total. The number of amides is 2. The molecule has 2 saturated heterocycles. The van der Waals surface area contributed by atoms with Crippen LogP contribution in [0.4, 0.5) is 10.5 Å². The molecule has 2 heterocycles. The Morgan fingerprint density at radius 3 is 2.78 bits per heavy atom. The van der Waals surface area contributed by atoms with Crippen molar-refractivity contribution < 1.29 is 4.79 Å². The lowest BCUT2D eigenvalue weighted by molar-refractivity contribution is 0.229. The van der Waals surface area contributed by atoms with Gasteiger partial charge in [0, 0.05) is 32.4 Å². The van der Waals surface area contributed by atoms with Gasteiger partial charge in [-0.3, -0.25) is 4.90 Å². The summed E-state index contributed by atoms with van der Waals surface area (Å²) in [6, 6.07) is 8.45. The number of likely N-dealkylation sites (N-methyl/N-ethyl adjacent to an activating group) is 1. The van der Waals surface area contributed by atoms with Crippen LogP contribution in [-0.2, 0) is 0 Å². The van der Waals surface area contributed by atoms with Crippen LogP contribution in [0.5, 0.6) is 0 Å². The number of hydrogen-bond acceptors (Lipinski definition) is 2. The molecule has 1 aromatic rings. The molecule has 1 unspecified atom stereocenters. The smallest absolute Gasteiger partial charge is 0.324 e. The standard InChI is InChI=1S/C14H19N3O/c1-16-8-9-17(14(16)18)13-5-3-2-4-12(13)11-6-7-15-10-11/h2-5,11,15H,6-10H2,1H3. The molecule has 0 spiro atoms. The Hall–Kier alpha value is -1.55. The second-order valence-corrected chi connectivity index (χ2v) is 5.10. The Morgan fingerprint density at radius 2 is 2.11 bits per heavy atom. The van der Waals surface area contributed by atoms with Gasteiger partial charge in [0.25, 0.3) is 0 Å². The molecule has 2 aliphatic heterocycles. The zero-order valence-corrected chi connectivity index (χ0v) is 10.7. The zero-order valence-electron chi connectivity index (χ0n) is 10.7. The number of para-hydroxylation sites is 1. The molecule has 96 valence electrons. The van der Waals surface area contributed by atoms with Gasteiger partial charge in [0.15, 0.2) is 0 Å². The fourth-order valence-electron chi connectivity index (χ4n) is 2.87. The molecule has 1 aromatic carbocycles. The molecule has 2 amide bonds. The fourth-order valence-corrected chi connectivity index (χ4v) is 2.87. The molecule has 0 saturated carbocycles. The van der Waals surface area contributed by atoms with Crippen molar-refractivity contribution in [1.82, 2.24) is 10.2 Å². The van der Waals surface area contributed by atoms with Gasteiger partial charge in [0.2, 0.25) is 0 Å². The van der Waals surface area contributed by atoms with E-state index in [1.165, 1.54) is 5.56 Å². The van der Waals surface area contributed by atoms with E-state index in [-0.39, 0.29) is 6.03 Å². The molecule has 1 atom stereocenters. The summed E-state index contributed by atoms with van der Waals surface area (Å²) in [5, 5.41) is 3.39. The molecule has 0 aliphatic carbocycles. The molecular formula is C14H19N3O. The van der Waals surface area contributed by atoms with E-state index in [1.807, 2.05) is 18.0 Å². The van der Waals surface area contributed by atoms with E-state index in [0.717, 1.165) is 38.3 Å². The lowest BCUT2D eigenvalue weighted by Gasteiger charge is -2.22. The fraction of sp³-hybridized carbons (Fsp3) is 0.500. The van der Waals surface area contributed by atoms with E-state index in [1.54, 1.807) is 4.90 Å². The summed E-state index contributed by atoms with van der Waals surface area (Å²) in [5.41, 5.74) is 2.41. The Morgan fingerprint density at radius 1 is 1.28 bits per heavy atom. The largest absolute Gasteiger partial charge is 0.326 e. The van der Waals surface area contributed by atoms with Crippen molar-refractivity contribution in [2.24, 2.45) is 0 Å². The van der Waals surface area contributed by atoms with Crippen LogP contribution in [0.25, 0.3) is 0 Å². The Labute approximate surface area is 108 Å². The molecule has 0 aromatic heterocycles. The minimum atomic E-state index is 0.119. The molecule has 18 heavy (non-hydrogen) atoms. The Balaban J connectivity index is 1.94. The zero-order chi connectivity index (χ0) is 12.5. The summed E-state index contributed by atoms with van der Waals surface area (Å²) in [6.45, 7) is 3.71. The number of urea groups is 1. The van der Waals surface area contributed by atoms with Crippen molar-refractivity contribution in [2.75, 3.05) is 38.1 Å². The SMILES string of the molecule is CN1CCN(c2ccccc2C2CCNC2)C1=O. The number of anilines is 1. The maximum absolute atomic E-state index is 12.1. The maximum Gasteiger partial charge on any atom is 0.324 e. The summed E-state index contributed by atoms with van der Waals surface area (Å²) in [6.07, 6.45) is 1.16. The molecule has 0 radical (unpaired) electrons. The van der Waals surface area contributed by atoms with Crippen molar-refractivity contribution in [2.45, 2.75) is 12.3 Å². The van der Waals surface area contributed by atoms with Gasteiger partial charge in [-0.2, -0.15) is 0 Å². The van der Waals surface area contributed by atoms with E-state index < -0.39 is 0 Å². The highest BCUT2D eigenvalue weighted by atomic mass is 16.2. The van der Waals surface area contributed by atoms with Crippen LogP contribution in [0.15, 0.2) is 24.3 Å². The minimum absolute atomic E-state index is 0.119. The van der Waals surface area contributed by atoms with Crippen molar-refractivity contribution in [3.63, 3.8) is 0 Å². The summed E-state index contributed by atoms with van der Waals surface area (Å²) in [5.74, 6) is 0.542. The molecule has 2 fully saturated rings. The third-order valence-corrected chi connectivity index (χ3v) is 3.94. The van der Waals surface area contributed by atoms with E-state index >= 15 is 0 Å². The minimum Gasteiger partial charge on any atom is -0.326 e. The third-order valence-electron chi connectivity index (χ3n) is 3.94. The highest BCUT2D eigenvalue weighted by Crippen LogP contribution is 2.32. The number of nitrogens with one attached hydrogen (secondary N) is 1. The molecule has 4 heteroatoms. The number of benzene rings is 1. The first-order valence-corrected chi connectivity index (χ1v) is 6.59. The van der Waals surface area contributed by atoms with Crippen LogP contribution in [0.3, 0.4) is 0 Å². The number of carbonyl (C=O) groups is 1. The van der Waals surface area contributed by atoms with Crippen LogP contribution < -0.4 is 10.2 Å². The van der Waals surface area contributed by atoms with Crippen molar-refractivity contribution in [3.8, 4) is 0 Å². The van der Waals surface area contributed by atoms with Gasteiger partial charge in [0.05, 0.1) is 0 Å². The summed E-state index contributed by atoms with van der Waals surface area (Å²) >= 11 is 0. The van der Waals surface area contributed by atoms with E-state index in [4.69, 9.17) is 0 Å². The first-order valence-electron chi connectivity index (χ1n) is 6.59. The normalized spacial score (nSPS) is 24.1. The van der Waals surface area contributed by atoms with Gasteiger partial charge in [-0.05, 0) is 30.5 Å². The second-order valence-electron chi connectivity index (χ2n) is 5.10. The van der Waals surface area contributed by atoms with Crippen LogP contribution >= 0.6 is 0 Å². The number of carbonyl (C=O) groups excluding carboxylic acids is 1. The van der Waals surface area contributed by atoms with Gasteiger partial charge in [-0.15, -0.1) is 0 Å². The summed E-state index contributed by atoms with van der Waals surface area (Å²) in [7, 11) is 1.86. The first-order chi connectivity index (χ1) is 8.77. The number of rotatable bonds is 2. The van der Waals surface area contributed by atoms with Crippen LogP contribution in [0.1, 0.15) is 17.9 Å². The van der Waals surface area contributed by atoms with Gasteiger partial charge >= 0.3 is 6.03 Å². The summed E-state index contributed by atoms with van der Waals surface area (Å²) < 4.78 is 0. The Kier molecular flexibility index (Phi) is 2.96. The maximum atomic E-state index is 12.1. The molecule has 2 aliphatic rings. The van der Waals surface area contributed by atoms with E-state index in [0.29, 0.717) is 5.92 Å². The van der Waals surface area contributed by atoms with Gasteiger partial charge in [-0.1, -0.05) is 18.2 Å². The van der Waals surface area contributed by atoms with Crippen LogP contribution in [0.2, 0.25) is 0 Å². The van der Waals surface area contributed by atoms with Gasteiger partial charge in [0.1, 0.15) is 0 Å². The van der Waals surface area contributed by atoms with Crippen molar-refractivity contribution >= 4 is 11.7 Å². The molecule has 4 nitrogen and oxygen atoms in total. The van der Waals surface area contributed by atoms with Crippen LogP contribution in [0, 0.1) is 0 Å². The van der Waals surface area contributed by atoms with Crippen molar-refractivity contribution in [1.29, 1.82) is 0 Å². The average Bonchev–Trinajstić information content (AvgIpc) is 3.02. The highest BCUT2D eigenvalue weighted by Gasteiger charge is 2.30. The topological polar surface area (TPSA) is 35.6 Å². The second kappa shape index (κ2) is 4.61.